The van der Waals surface area contributed by atoms with Gasteiger partial charge in [0.15, 0.2) is 0 Å². The van der Waals surface area contributed by atoms with E-state index in [1.165, 1.54) is 25.7 Å². The van der Waals surface area contributed by atoms with E-state index >= 15 is 0 Å². The SMILES string of the molecule is OC(CCc1ccccn1)C1CCCC1. The maximum absolute atomic E-state index is 9.98. The minimum atomic E-state index is -0.116. The summed E-state index contributed by atoms with van der Waals surface area (Å²) in [7, 11) is 0. The number of aromatic nitrogens is 1. The van der Waals surface area contributed by atoms with E-state index in [-0.39, 0.29) is 6.10 Å². The molecule has 0 aliphatic heterocycles. The van der Waals surface area contributed by atoms with E-state index in [1.807, 2.05) is 24.4 Å². The Balaban J connectivity index is 1.77. The van der Waals surface area contributed by atoms with E-state index in [0.717, 1.165) is 18.5 Å². The van der Waals surface area contributed by atoms with Crippen LogP contribution >= 0.6 is 0 Å². The van der Waals surface area contributed by atoms with Crippen molar-refractivity contribution in [3.63, 3.8) is 0 Å². The van der Waals surface area contributed by atoms with Crippen LogP contribution in [0, 0.1) is 5.92 Å². The highest BCUT2D eigenvalue weighted by atomic mass is 16.3. The predicted molar refractivity (Wildman–Crippen MR) is 60.5 cm³/mol. The van der Waals surface area contributed by atoms with Crippen LogP contribution in [0.1, 0.15) is 37.8 Å². The molecule has 2 nitrogen and oxygen atoms in total. The lowest BCUT2D eigenvalue weighted by Crippen LogP contribution is -2.18. The van der Waals surface area contributed by atoms with E-state index in [1.54, 1.807) is 0 Å². The summed E-state index contributed by atoms with van der Waals surface area (Å²) < 4.78 is 0. The highest BCUT2D eigenvalue weighted by molar-refractivity contribution is 5.03. The van der Waals surface area contributed by atoms with Gasteiger partial charge in [-0.3, -0.25) is 4.98 Å². The van der Waals surface area contributed by atoms with Gasteiger partial charge in [-0.2, -0.15) is 0 Å². The summed E-state index contributed by atoms with van der Waals surface area (Å²) in [5, 5.41) is 9.98. The van der Waals surface area contributed by atoms with Crippen LogP contribution in [0.4, 0.5) is 0 Å². The summed E-state index contributed by atoms with van der Waals surface area (Å²) in [6.45, 7) is 0. The lowest BCUT2D eigenvalue weighted by atomic mass is 9.96. The number of aliphatic hydroxyl groups excluding tert-OH is 1. The van der Waals surface area contributed by atoms with Crippen LogP contribution in [0.25, 0.3) is 0 Å². The minimum Gasteiger partial charge on any atom is -0.393 e. The molecule has 1 atom stereocenters. The van der Waals surface area contributed by atoms with Crippen LogP contribution in [0.2, 0.25) is 0 Å². The Hall–Kier alpha value is -0.890. The smallest absolute Gasteiger partial charge is 0.0572 e. The third-order valence-corrected chi connectivity index (χ3v) is 3.37. The molecule has 0 saturated heterocycles. The van der Waals surface area contributed by atoms with Crippen molar-refractivity contribution >= 4 is 0 Å². The van der Waals surface area contributed by atoms with Crippen LogP contribution in [-0.4, -0.2) is 16.2 Å². The third-order valence-electron chi connectivity index (χ3n) is 3.37. The molecule has 0 radical (unpaired) electrons. The van der Waals surface area contributed by atoms with Crippen molar-refractivity contribution in [3.05, 3.63) is 30.1 Å². The Labute approximate surface area is 91.4 Å². The topological polar surface area (TPSA) is 33.1 Å². The molecule has 1 aliphatic carbocycles. The van der Waals surface area contributed by atoms with Gasteiger partial charge in [-0.05, 0) is 43.7 Å². The van der Waals surface area contributed by atoms with Crippen LogP contribution in [0.5, 0.6) is 0 Å². The number of rotatable bonds is 4. The van der Waals surface area contributed by atoms with Gasteiger partial charge in [0.05, 0.1) is 6.10 Å². The molecule has 2 heteroatoms. The van der Waals surface area contributed by atoms with Crippen LogP contribution in [0.15, 0.2) is 24.4 Å². The number of pyridine rings is 1. The fraction of sp³-hybridized carbons (Fsp3) is 0.615. The second kappa shape index (κ2) is 5.26. The zero-order valence-corrected chi connectivity index (χ0v) is 9.10. The van der Waals surface area contributed by atoms with E-state index in [4.69, 9.17) is 0 Å². The van der Waals surface area contributed by atoms with Crippen molar-refractivity contribution < 1.29 is 5.11 Å². The average Bonchev–Trinajstić information content (AvgIpc) is 2.81. The first-order valence-electron chi connectivity index (χ1n) is 5.94. The fourth-order valence-electron chi connectivity index (χ4n) is 2.42. The van der Waals surface area contributed by atoms with E-state index < -0.39 is 0 Å². The molecule has 82 valence electrons. The van der Waals surface area contributed by atoms with E-state index in [0.29, 0.717) is 5.92 Å². The molecule has 0 bridgehead atoms. The van der Waals surface area contributed by atoms with Crippen LogP contribution in [-0.2, 0) is 6.42 Å². The zero-order valence-electron chi connectivity index (χ0n) is 9.10. The Kier molecular flexibility index (Phi) is 3.73. The van der Waals surface area contributed by atoms with Crippen molar-refractivity contribution in [1.82, 2.24) is 4.98 Å². The molecule has 0 spiro atoms. The molecule has 2 rings (SSSR count). The molecule has 1 aliphatic rings. The highest BCUT2D eigenvalue weighted by Crippen LogP contribution is 2.29. The molecule has 1 aromatic heterocycles. The van der Waals surface area contributed by atoms with Crippen molar-refractivity contribution in [2.45, 2.75) is 44.6 Å². The number of nitrogens with zero attached hydrogens (tertiary/aromatic N) is 1. The molecule has 1 heterocycles. The Morgan fingerprint density at radius 3 is 2.80 bits per heavy atom. The quantitative estimate of drug-likeness (QED) is 0.819. The van der Waals surface area contributed by atoms with Crippen LogP contribution < -0.4 is 0 Å². The lowest BCUT2D eigenvalue weighted by Gasteiger charge is -2.16. The molecule has 1 unspecified atom stereocenters. The molecule has 1 saturated carbocycles. The largest absolute Gasteiger partial charge is 0.393 e. The van der Waals surface area contributed by atoms with Gasteiger partial charge in [0, 0.05) is 11.9 Å². The summed E-state index contributed by atoms with van der Waals surface area (Å²) in [5.74, 6) is 0.550. The summed E-state index contributed by atoms with van der Waals surface area (Å²) >= 11 is 0. The Morgan fingerprint density at radius 2 is 2.13 bits per heavy atom. The van der Waals surface area contributed by atoms with Gasteiger partial charge >= 0.3 is 0 Å². The lowest BCUT2D eigenvalue weighted by molar-refractivity contribution is 0.102. The van der Waals surface area contributed by atoms with Gasteiger partial charge in [-0.1, -0.05) is 18.9 Å². The molecule has 1 fully saturated rings. The van der Waals surface area contributed by atoms with Crippen LogP contribution in [0.3, 0.4) is 0 Å². The molecule has 1 N–H and O–H groups in total. The summed E-state index contributed by atoms with van der Waals surface area (Å²) in [5.41, 5.74) is 1.09. The van der Waals surface area contributed by atoms with Gasteiger partial charge in [-0.25, -0.2) is 0 Å². The van der Waals surface area contributed by atoms with Gasteiger partial charge < -0.3 is 5.11 Å². The van der Waals surface area contributed by atoms with Crippen molar-refractivity contribution in [1.29, 1.82) is 0 Å². The molecule has 0 aromatic carbocycles. The summed E-state index contributed by atoms with van der Waals surface area (Å²) in [4.78, 5) is 4.27. The first kappa shape index (κ1) is 10.6. The number of aliphatic hydroxyl groups is 1. The Morgan fingerprint density at radius 1 is 1.33 bits per heavy atom. The van der Waals surface area contributed by atoms with Gasteiger partial charge in [-0.15, -0.1) is 0 Å². The maximum Gasteiger partial charge on any atom is 0.0572 e. The highest BCUT2D eigenvalue weighted by Gasteiger charge is 2.22. The molecular formula is C13H19NO. The monoisotopic (exact) mass is 205 g/mol. The molecular weight excluding hydrogens is 186 g/mol. The predicted octanol–water partition coefficient (Wildman–Crippen LogP) is 2.57. The normalized spacial score (nSPS) is 19.3. The first-order valence-corrected chi connectivity index (χ1v) is 5.94. The number of hydrogen-bond donors (Lipinski definition) is 1. The Bertz CT molecular complexity index is 280. The third kappa shape index (κ3) is 3.03. The number of hydrogen-bond acceptors (Lipinski definition) is 2. The standard InChI is InChI=1S/C13H19NO/c15-13(11-5-1-2-6-11)9-8-12-7-3-4-10-14-12/h3-4,7,10-11,13,15H,1-2,5-6,8-9H2. The average molecular weight is 205 g/mol. The van der Waals surface area contributed by atoms with E-state index in [9.17, 15) is 5.11 Å². The first-order chi connectivity index (χ1) is 7.36. The number of aryl methyl sites for hydroxylation is 1. The van der Waals surface area contributed by atoms with Crippen molar-refractivity contribution in [3.8, 4) is 0 Å². The summed E-state index contributed by atoms with van der Waals surface area (Å²) in [6, 6.07) is 5.96. The second-order valence-corrected chi connectivity index (χ2v) is 4.47. The van der Waals surface area contributed by atoms with Gasteiger partial charge in [0.1, 0.15) is 0 Å². The fourth-order valence-corrected chi connectivity index (χ4v) is 2.42. The molecule has 1 aromatic rings. The van der Waals surface area contributed by atoms with Crippen molar-refractivity contribution in [2.24, 2.45) is 5.92 Å². The zero-order chi connectivity index (χ0) is 10.5. The second-order valence-electron chi connectivity index (χ2n) is 4.47. The van der Waals surface area contributed by atoms with E-state index in [2.05, 4.69) is 4.98 Å². The van der Waals surface area contributed by atoms with Gasteiger partial charge in [0.25, 0.3) is 0 Å². The van der Waals surface area contributed by atoms with Crippen molar-refractivity contribution in [2.75, 3.05) is 0 Å². The molecule has 0 amide bonds. The van der Waals surface area contributed by atoms with Gasteiger partial charge in [0.2, 0.25) is 0 Å². The maximum atomic E-state index is 9.98. The summed E-state index contributed by atoms with van der Waals surface area (Å²) in [6.07, 6.45) is 8.48. The minimum absolute atomic E-state index is 0.116. The molecule has 15 heavy (non-hydrogen) atoms.